The quantitative estimate of drug-likeness (QED) is 0.535. The maximum absolute atomic E-state index is 13.4. The minimum absolute atomic E-state index is 0.245. The zero-order valence-corrected chi connectivity index (χ0v) is 23.5. The van der Waals surface area contributed by atoms with Gasteiger partial charge in [-0.25, -0.2) is 19.1 Å². The van der Waals surface area contributed by atoms with Crippen LogP contribution in [0.2, 0.25) is 0 Å². The molecule has 3 aromatic heterocycles. The second kappa shape index (κ2) is 9.54. The SMILES string of the molecule is COc1nc2nc(C)nn2cc1NC(=O)N1CCc2c(N3CCN(C(=O)OC(C)(C)C)C(C)(C)C3)ccnc21. The van der Waals surface area contributed by atoms with Crippen molar-refractivity contribution in [1.82, 2.24) is 29.5 Å². The second-order valence-electron chi connectivity index (χ2n) is 11.4. The van der Waals surface area contributed by atoms with Gasteiger partial charge in [-0.2, -0.15) is 15.1 Å². The summed E-state index contributed by atoms with van der Waals surface area (Å²) in [4.78, 5) is 45.0. The summed E-state index contributed by atoms with van der Waals surface area (Å²) in [5.74, 6) is 1.81. The van der Waals surface area contributed by atoms with Gasteiger partial charge in [0, 0.05) is 43.6 Å². The molecule has 2 aliphatic heterocycles. The molecule has 208 valence electrons. The smallest absolute Gasteiger partial charge is 0.410 e. The third kappa shape index (κ3) is 5.12. The largest absolute Gasteiger partial charge is 0.479 e. The highest BCUT2D eigenvalue weighted by Crippen LogP contribution is 2.37. The highest BCUT2D eigenvalue weighted by molar-refractivity contribution is 6.03. The molecule has 0 aromatic carbocycles. The van der Waals surface area contributed by atoms with Gasteiger partial charge in [0.25, 0.3) is 5.78 Å². The van der Waals surface area contributed by atoms with E-state index in [-0.39, 0.29) is 18.0 Å². The highest BCUT2D eigenvalue weighted by atomic mass is 16.6. The molecule has 1 saturated heterocycles. The summed E-state index contributed by atoms with van der Waals surface area (Å²) in [7, 11) is 1.49. The molecule has 2 aliphatic rings. The van der Waals surface area contributed by atoms with Crippen molar-refractivity contribution < 1.29 is 19.1 Å². The van der Waals surface area contributed by atoms with E-state index < -0.39 is 11.1 Å². The number of hydrogen-bond acceptors (Lipinski definition) is 9. The van der Waals surface area contributed by atoms with Crippen molar-refractivity contribution in [1.29, 1.82) is 0 Å². The molecule has 0 bridgehead atoms. The van der Waals surface area contributed by atoms with Gasteiger partial charge in [0.1, 0.15) is 22.9 Å². The standard InChI is InChI=1S/C26H35N9O4/c1-16-28-22-30-21(38-7)18(14-35(22)31-16)29-23(36)33-11-9-17-19(8-10-27-20(17)33)32-12-13-34(26(5,6)15-32)24(37)39-25(2,3)4/h8,10,14H,9,11-13,15H2,1-7H3,(H,29,36). The van der Waals surface area contributed by atoms with Gasteiger partial charge < -0.3 is 19.7 Å². The first-order valence-corrected chi connectivity index (χ1v) is 13.0. The fourth-order valence-corrected chi connectivity index (χ4v) is 5.12. The number of anilines is 3. The molecular formula is C26H35N9O4. The van der Waals surface area contributed by atoms with Crippen LogP contribution in [-0.2, 0) is 11.2 Å². The minimum atomic E-state index is -0.555. The van der Waals surface area contributed by atoms with Crippen LogP contribution in [-0.4, -0.2) is 86.0 Å². The molecule has 0 spiro atoms. The summed E-state index contributed by atoms with van der Waals surface area (Å²) >= 11 is 0. The Balaban J connectivity index is 1.35. The fourth-order valence-electron chi connectivity index (χ4n) is 5.12. The van der Waals surface area contributed by atoms with E-state index in [1.165, 1.54) is 11.6 Å². The molecule has 0 atom stereocenters. The monoisotopic (exact) mass is 537 g/mol. The van der Waals surface area contributed by atoms with Crippen molar-refractivity contribution in [2.75, 3.05) is 48.4 Å². The van der Waals surface area contributed by atoms with Crippen molar-refractivity contribution in [2.45, 2.75) is 59.1 Å². The number of aryl methyl sites for hydroxylation is 1. The van der Waals surface area contributed by atoms with E-state index in [0.29, 0.717) is 55.7 Å². The van der Waals surface area contributed by atoms with E-state index in [1.54, 1.807) is 29.1 Å². The van der Waals surface area contributed by atoms with Crippen LogP contribution in [0.4, 0.5) is 26.8 Å². The van der Waals surface area contributed by atoms with Gasteiger partial charge >= 0.3 is 12.1 Å². The van der Waals surface area contributed by atoms with E-state index >= 15 is 0 Å². The summed E-state index contributed by atoms with van der Waals surface area (Å²) in [5.41, 5.74) is 1.39. The number of urea groups is 1. The first-order chi connectivity index (χ1) is 18.4. The summed E-state index contributed by atoms with van der Waals surface area (Å²) in [6.07, 6.45) is 3.71. The lowest BCUT2D eigenvalue weighted by molar-refractivity contribution is 0.000363. The predicted molar refractivity (Wildman–Crippen MR) is 146 cm³/mol. The molecule has 5 heterocycles. The maximum Gasteiger partial charge on any atom is 0.410 e. The molecule has 0 unspecified atom stereocenters. The van der Waals surface area contributed by atoms with Crippen LogP contribution in [0.15, 0.2) is 18.5 Å². The number of methoxy groups -OCH3 is 1. The molecule has 0 aliphatic carbocycles. The lowest BCUT2D eigenvalue weighted by Gasteiger charge is -2.48. The van der Waals surface area contributed by atoms with Crippen LogP contribution < -0.4 is 19.9 Å². The number of fused-ring (bicyclic) bond motifs is 2. The Hall–Kier alpha value is -4.16. The van der Waals surface area contributed by atoms with Crippen LogP contribution in [0.3, 0.4) is 0 Å². The molecule has 5 rings (SSSR count). The first kappa shape index (κ1) is 26.4. The third-order valence-electron chi connectivity index (χ3n) is 6.79. The zero-order valence-electron chi connectivity index (χ0n) is 23.5. The zero-order chi connectivity index (χ0) is 28.1. The Bertz CT molecular complexity index is 1430. The number of nitrogens with one attached hydrogen (secondary N) is 1. The molecule has 39 heavy (non-hydrogen) atoms. The minimum Gasteiger partial charge on any atom is -0.479 e. The molecule has 1 fully saturated rings. The molecule has 3 amide bonds. The van der Waals surface area contributed by atoms with Crippen LogP contribution in [0, 0.1) is 6.92 Å². The Morgan fingerprint density at radius 2 is 1.90 bits per heavy atom. The number of piperazine rings is 1. The van der Waals surface area contributed by atoms with E-state index in [2.05, 4.69) is 30.3 Å². The highest BCUT2D eigenvalue weighted by Gasteiger charge is 2.40. The number of ether oxygens (including phenoxy) is 2. The third-order valence-corrected chi connectivity index (χ3v) is 6.79. The number of nitrogens with zero attached hydrogens (tertiary/aromatic N) is 8. The van der Waals surface area contributed by atoms with Gasteiger partial charge in [-0.1, -0.05) is 0 Å². The Labute approximate surface area is 227 Å². The summed E-state index contributed by atoms with van der Waals surface area (Å²) in [6.45, 7) is 13.7. The normalized spacial score (nSPS) is 16.8. The summed E-state index contributed by atoms with van der Waals surface area (Å²) in [5, 5.41) is 7.16. The molecule has 0 saturated carbocycles. The van der Waals surface area contributed by atoms with E-state index in [9.17, 15) is 9.59 Å². The number of carbonyl (C=O) groups is 2. The lowest BCUT2D eigenvalue weighted by Crippen LogP contribution is -2.62. The Kier molecular flexibility index (Phi) is 6.47. The number of carbonyl (C=O) groups excluding carboxylic acids is 2. The number of hydrogen-bond donors (Lipinski definition) is 1. The number of pyridine rings is 1. The van der Waals surface area contributed by atoms with Crippen LogP contribution in [0.1, 0.15) is 46.0 Å². The Morgan fingerprint density at radius 3 is 2.59 bits per heavy atom. The van der Waals surface area contributed by atoms with Crippen molar-refractivity contribution in [3.8, 4) is 5.88 Å². The molecule has 0 radical (unpaired) electrons. The molecular weight excluding hydrogens is 502 g/mol. The van der Waals surface area contributed by atoms with Gasteiger partial charge in [0.05, 0.1) is 18.8 Å². The lowest BCUT2D eigenvalue weighted by atomic mass is 9.98. The van der Waals surface area contributed by atoms with E-state index in [1.807, 2.05) is 40.7 Å². The fraction of sp³-hybridized carbons (Fsp3) is 0.538. The molecule has 13 nitrogen and oxygen atoms in total. The first-order valence-electron chi connectivity index (χ1n) is 13.0. The summed E-state index contributed by atoms with van der Waals surface area (Å²) < 4.78 is 12.5. The predicted octanol–water partition coefficient (Wildman–Crippen LogP) is 3.27. The van der Waals surface area contributed by atoms with Crippen LogP contribution in [0.5, 0.6) is 5.88 Å². The van der Waals surface area contributed by atoms with E-state index in [0.717, 1.165) is 11.3 Å². The van der Waals surface area contributed by atoms with Crippen molar-refractivity contribution >= 4 is 35.1 Å². The van der Waals surface area contributed by atoms with Crippen molar-refractivity contribution in [3.63, 3.8) is 0 Å². The van der Waals surface area contributed by atoms with Crippen molar-refractivity contribution in [2.24, 2.45) is 0 Å². The average molecular weight is 538 g/mol. The van der Waals surface area contributed by atoms with Gasteiger partial charge in [-0.15, -0.1) is 0 Å². The van der Waals surface area contributed by atoms with Crippen molar-refractivity contribution in [3.05, 3.63) is 29.8 Å². The van der Waals surface area contributed by atoms with E-state index in [4.69, 9.17) is 9.47 Å². The maximum atomic E-state index is 13.4. The van der Waals surface area contributed by atoms with Gasteiger partial charge in [0.2, 0.25) is 5.88 Å². The average Bonchev–Trinajstić information content (AvgIpc) is 3.43. The number of amides is 3. The topological polar surface area (TPSA) is 130 Å². The number of aromatic nitrogens is 5. The van der Waals surface area contributed by atoms with Gasteiger partial charge in [-0.05, 0) is 54.0 Å². The molecule has 3 aromatic rings. The Morgan fingerprint density at radius 1 is 1.13 bits per heavy atom. The van der Waals surface area contributed by atoms with Crippen LogP contribution in [0.25, 0.3) is 5.78 Å². The van der Waals surface area contributed by atoms with Gasteiger partial charge in [-0.3, -0.25) is 9.80 Å². The van der Waals surface area contributed by atoms with Crippen LogP contribution >= 0.6 is 0 Å². The second-order valence-corrected chi connectivity index (χ2v) is 11.4. The van der Waals surface area contributed by atoms with Gasteiger partial charge in [0.15, 0.2) is 0 Å². The molecule has 1 N–H and O–H groups in total. The summed E-state index contributed by atoms with van der Waals surface area (Å²) in [6, 6.07) is 1.64. The molecule has 13 heteroatoms. The number of rotatable bonds is 3.